The van der Waals surface area contributed by atoms with E-state index in [1.54, 1.807) is 0 Å². The molecule has 0 aromatic heterocycles. The number of unbranched alkanes of at least 4 members (excludes halogenated alkanes) is 6. The number of allylic oxidation sites excluding steroid dienone is 2. The molecule has 0 unspecified atom stereocenters. The molecule has 0 aliphatic rings. The summed E-state index contributed by atoms with van der Waals surface area (Å²) in [6, 6.07) is 0.111. The molecule has 0 heterocycles. The lowest BCUT2D eigenvalue weighted by molar-refractivity contribution is 0.228. The van der Waals surface area contributed by atoms with Crippen LogP contribution in [0.5, 0.6) is 0 Å². The van der Waals surface area contributed by atoms with Gasteiger partial charge in [-0.05, 0) is 19.3 Å². The van der Waals surface area contributed by atoms with E-state index < -0.39 is 8.80 Å². The van der Waals surface area contributed by atoms with Gasteiger partial charge in [0.25, 0.3) is 0 Å². The summed E-state index contributed by atoms with van der Waals surface area (Å²) in [5.41, 5.74) is 0. The van der Waals surface area contributed by atoms with E-state index in [9.17, 15) is 0 Å². The van der Waals surface area contributed by atoms with Gasteiger partial charge in [-0.25, -0.2) is 0 Å². The highest BCUT2D eigenvalue weighted by atomic mass is 28.4. The first kappa shape index (κ1) is 15.8. The van der Waals surface area contributed by atoms with Gasteiger partial charge in [0.05, 0.1) is 0 Å². The molecule has 0 atom stereocenters. The number of rotatable bonds is 10. The van der Waals surface area contributed by atoms with Gasteiger partial charge in [0.2, 0.25) is 0 Å². The summed E-state index contributed by atoms with van der Waals surface area (Å²) in [6.07, 6.45) is 13.4. The molecule has 16 heavy (non-hydrogen) atoms. The monoisotopic (exact) mass is 246 g/mol. The Balaban J connectivity index is 3.16. The minimum Gasteiger partial charge on any atom is -0.390 e. The van der Waals surface area contributed by atoms with Gasteiger partial charge < -0.3 is 14.4 Å². The molecule has 0 bridgehead atoms. The molecule has 0 saturated carbocycles. The summed E-state index contributed by atoms with van der Waals surface area (Å²) in [4.78, 5) is 26.3. The summed E-state index contributed by atoms with van der Waals surface area (Å²) < 4.78 is 0. The van der Waals surface area contributed by atoms with E-state index in [-0.39, 0.29) is 6.04 Å². The van der Waals surface area contributed by atoms with Gasteiger partial charge in [-0.1, -0.05) is 51.2 Å². The third-order valence-corrected chi connectivity index (χ3v) is 3.50. The Morgan fingerprint density at radius 2 is 1.38 bits per heavy atom. The molecule has 0 aliphatic heterocycles. The topological polar surface area (TPSA) is 60.7 Å². The molecule has 0 spiro atoms. The van der Waals surface area contributed by atoms with Gasteiger partial charge in [0.1, 0.15) is 0 Å². The molecule has 0 saturated heterocycles. The van der Waals surface area contributed by atoms with Gasteiger partial charge in [-0.3, -0.25) is 0 Å². The van der Waals surface area contributed by atoms with Crippen LogP contribution in [0.3, 0.4) is 0 Å². The highest BCUT2D eigenvalue weighted by Gasteiger charge is 2.24. The second-order valence-electron chi connectivity index (χ2n) is 4.34. The Bertz CT molecular complexity index is 176. The van der Waals surface area contributed by atoms with Crippen LogP contribution < -0.4 is 0 Å². The Kier molecular flexibility index (Phi) is 9.92. The van der Waals surface area contributed by atoms with E-state index in [2.05, 4.69) is 13.0 Å². The van der Waals surface area contributed by atoms with Crippen molar-refractivity contribution in [2.75, 3.05) is 0 Å². The number of hydrogen-bond donors (Lipinski definition) is 3. The van der Waals surface area contributed by atoms with Crippen molar-refractivity contribution in [3.05, 3.63) is 12.2 Å². The average Bonchev–Trinajstić information content (AvgIpc) is 2.19. The SMILES string of the molecule is CCCCCCCCC=CCC[Si](O)(O)O. The van der Waals surface area contributed by atoms with Crippen molar-refractivity contribution in [1.82, 2.24) is 0 Å². The molecule has 3 nitrogen and oxygen atoms in total. The van der Waals surface area contributed by atoms with Gasteiger partial charge >= 0.3 is 8.80 Å². The van der Waals surface area contributed by atoms with Gasteiger partial charge in [0.15, 0.2) is 0 Å². The zero-order valence-electron chi connectivity index (χ0n) is 10.4. The summed E-state index contributed by atoms with van der Waals surface area (Å²) in [5, 5.41) is 0. The van der Waals surface area contributed by atoms with Crippen LogP contribution in [0, 0.1) is 0 Å². The van der Waals surface area contributed by atoms with Crippen LogP contribution in [0.15, 0.2) is 12.2 Å². The lowest BCUT2D eigenvalue weighted by Crippen LogP contribution is -2.33. The van der Waals surface area contributed by atoms with Crippen molar-refractivity contribution in [3.63, 3.8) is 0 Å². The van der Waals surface area contributed by atoms with Gasteiger partial charge in [0, 0.05) is 6.04 Å². The minimum atomic E-state index is -3.80. The Morgan fingerprint density at radius 1 is 0.812 bits per heavy atom. The second-order valence-corrected chi connectivity index (χ2v) is 6.39. The zero-order chi connectivity index (χ0) is 12.3. The predicted octanol–water partition coefficient (Wildman–Crippen LogP) is 2.60. The fourth-order valence-electron chi connectivity index (χ4n) is 1.56. The Morgan fingerprint density at radius 3 is 2.00 bits per heavy atom. The number of hydrogen-bond acceptors (Lipinski definition) is 3. The molecule has 96 valence electrons. The normalized spacial score (nSPS) is 12.5. The molecule has 0 rings (SSSR count). The molecule has 0 aliphatic carbocycles. The van der Waals surface area contributed by atoms with Crippen LogP contribution >= 0.6 is 0 Å². The first-order valence-electron chi connectivity index (χ1n) is 6.38. The van der Waals surface area contributed by atoms with E-state index in [0.717, 1.165) is 6.42 Å². The van der Waals surface area contributed by atoms with Crippen molar-refractivity contribution in [2.45, 2.75) is 64.3 Å². The van der Waals surface area contributed by atoms with E-state index in [4.69, 9.17) is 14.4 Å². The largest absolute Gasteiger partial charge is 0.493 e. The maximum Gasteiger partial charge on any atom is 0.493 e. The van der Waals surface area contributed by atoms with Gasteiger partial charge in [-0.15, -0.1) is 0 Å². The highest BCUT2D eigenvalue weighted by molar-refractivity contribution is 6.56. The highest BCUT2D eigenvalue weighted by Crippen LogP contribution is 2.08. The van der Waals surface area contributed by atoms with E-state index in [1.165, 1.54) is 38.5 Å². The molecule has 0 radical (unpaired) electrons. The van der Waals surface area contributed by atoms with Crippen LogP contribution in [0.1, 0.15) is 58.3 Å². The zero-order valence-corrected chi connectivity index (χ0v) is 11.4. The third kappa shape index (κ3) is 13.8. The molecule has 0 aromatic rings. The van der Waals surface area contributed by atoms with Crippen molar-refractivity contribution in [2.24, 2.45) is 0 Å². The van der Waals surface area contributed by atoms with Crippen molar-refractivity contribution in [3.8, 4) is 0 Å². The summed E-state index contributed by atoms with van der Waals surface area (Å²) in [6.45, 7) is 2.22. The molecule has 0 amide bonds. The fourth-order valence-corrected chi connectivity index (χ4v) is 2.11. The Hall–Kier alpha value is -0.163. The fraction of sp³-hybridized carbons (Fsp3) is 0.833. The first-order valence-corrected chi connectivity index (χ1v) is 8.43. The quantitative estimate of drug-likeness (QED) is 0.315. The molecule has 0 fully saturated rings. The minimum absolute atomic E-state index is 0.111. The van der Waals surface area contributed by atoms with Gasteiger partial charge in [-0.2, -0.15) is 0 Å². The lowest BCUT2D eigenvalue weighted by Gasteiger charge is -2.05. The average molecular weight is 246 g/mol. The summed E-state index contributed by atoms with van der Waals surface area (Å²) in [7, 11) is -3.80. The van der Waals surface area contributed by atoms with Crippen molar-refractivity contribution in [1.29, 1.82) is 0 Å². The van der Waals surface area contributed by atoms with Crippen LogP contribution in [-0.4, -0.2) is 23.2 Å². The van der Waals surface area contributed by atoms with Crippen LogP contribution in [0.25, 0.3) is 0 Å². The van der Waals surface area contributed by atoms with Crippen LogP contribution in [0.4, 0.5) is 0 Å². The second kappa shape index (κ2) is 10.0. The maximum atomic E-state index is 8.76. The first-order chi connectivity index (χ1) is 7.56. The standard InChI is InChI=1S/C12H26O3Si/c1-2-3-4-5-6-7-8-9-10-11-12-16(13,14)15/h9-10,13-15H,2-8,11-12H2,1H3. The lowest BCUT2D eigenvalue weighted by atomic mass is 10.1. The predicted molar refractivity (Wildman–Crippen MR) is 69.0 cm³/mol. The third-order valence-electron chi connectivity index (χ3n) is 2.54. The molecular weight excluding hydrogens is 220 g/mol. The van der Waals surface area contributed by atoms with Crippen LogP contribution in [0.2, 0.25) is 6.04 Å². The molecule has 3 N–H and O–H groups in total. The van der Waals surface area contributed by atoms with E-state index in [1.807, 2.05) is 6.08 Å². The molecule has 0 aromatic carbocycles. The van der Waals surface area contributed by atoms with Crippen molar-refractivity contribution < 1.29 is 14.4 Å². The van der Waals surface area contributed by atoms with E-state index >= 15 is 0 Å². The maximum absolute atomic E-state index is 8.76. The molecular formula is C12H26O3Si. The van der Waals surface area contributed by atoms with E-state index in [0.29, 0.717) is 6.42 Å². The van der Waals surface area contributed by atoms with Crippen molar-refractivity contribution >= 4 is 8.80 Å². The summed E-state index contributed by atoms with van der Waals surface area (Å²) >= 11 is 0. The molecule has 4 heteroatoms. The Labute approximate surface area is 100 Å². The smallest absolute Gasteiger partial charge is 0.390 e. The van der Waals surface area contributed by atoms with Crippen LogP contribution in [-0.2, 0) is 0 Å². The summed E-state index contributed by atoms with van der Waals surface area (Å²) in [5.74, 6) is 0.